The van der Waals surface area contributed by atoms with Crippen LogP contribution in [0.5, 0.6) is 11.5 Å². The predicted molar refractivity (Wildman–Crippen MR) is 75.4 cm³/mol. The lowest BCUT2D eigenvalue weighted by Gasteiger charge is -2.10. The van der Waals surface area contributed by atoms with Gasteiger partial charge in [-0.1, -0.05) is 13.3 Å². The second kappa shape index (κ2) is 7.37. The summed E-state index contributed by atoms with van der Waals surface area (Å²) in [5.74, 6) is 1.71. The molecule has 0 aliphatic rings. The lowest BCUT2D eigenvalue weighted by Crippen LogP contribution is -2.09. The lowest BCUT2D eigenvalue weighted by atomic mass is 10.2. The van der Waals surface area contributed by atoms with Crippen LogP contribution in [0.1, 0.15) is 35.9 Å². The van der Waals surface area contributed by atoms with Crippen molar-refractivity contribution < 1.29 is 14.3 Å². The summed E-state index contributed by atoms with van der Waals surface area (Å²) in [5.41, 5.74) is 0.534. The molecular weight excluding hydrogens is 272 g/mol. The van der Waals surface area contributed by atoms with Gasteiger partial charge >= 0.3 is 0 Å². The highest BCUT2D eigenvalue weighted by Crippen LogP contribution is 2.28. The molecule has 0 amide bonds. The fourth-order valence-electron chi connectivity index (χ4n) is 1.83. The number of carbonyl (C=O) groups is 1. The van der Waals surface area contributed by atoms with E-state index in [4.69, 9.17) is 9.47 Å². The van der Waals surface area contributed by atoms with Gasteiger partial charge in [0, 0.05) is 12.1 Å². The number of ether oxygens (including phenoxy) is 2. The molecule has 0 unspecified atom stereocenters. The molecule has 1 aromatic carbocycles. The van der Waals surface area contributed by atoms with Crippen molar-refractivity contribution in [2.24, 2.45) is 0 Å². The number of hydrogen-bond acceptors (Lipinski definition) is 6. The number of aldehydes is 1. The van der Waals surface area contributed by atoms with Crippen LogP contribution in [0.2, 0.25) is 0 Å². The predicted octanol–water partition coefficient (Wildman–Crippen LogP) is 1.87. The van der Waals surface area contributed by atoms with Gasteiger partial charge in [0.25, 0.3) is 0 Å². The van der Waals surface area contributed by atoms with Crippen molar-refractivity contribution in [2.45, 2.75) is 32.9 Å². The molecule has 2 rings (SSSR count). The maximum Gasteiger partial charge on any atom is 0.189 e. The minimum absolute atomic E-state index is 0.244. The first kappa shape index (κ1) is 15.0. The van der Waals surface area contributed by atoms with Gasteiger partial charge in [0.05, 0.1) is 7.11 Å². The van der Waals surface area contributed by atoms with E-state index in [0.29, 0.717) is 22.9 Å². The molecule has 2 aromatic rings. The molecule has 0 aliphatic carbocycles. The number of aromatic nitrogens is 4. The van der Waals surface area contributed by atoms with E-state index in [9.17, 15) is 4.79 Å². The van der Waals surface area contributed by atoms with Gasteiger partial charge in [0.1, 0.15) is 12.9 Å². The number of unbranched alkanes of at least 4 members (excludes halogenated alkanes) is 1. The first-order valence-corrected chi connectivity index (χ1v) is 6.79. The standard InChI is InChI=1S/C14H18N4O3/c1-3-4-7-18-14(15-16-17-18)10-21-12-6-5-11(9-19)8-13(12)20-2/h5-6,8-9H,3-4,7,10H2,1-2H3. The Morgan fingerprint density at radius 2 is 2.19 bits per heavy atom. The average molecular weight is 290 g/mol. The van der Waals surface area contributed by atoms with E-state index in [1.807, 2.05) is 0 Å². The highest BCUT2D eigenvalue weighted by Gasteiger charge is 2.10. The Morgan fingerprint density at radius 1 is 1.33 bits per heavy atom. The summed E-state index contributed by atoms with van der Waals surface area (Å²) >= 11 is 0. The van der Waals surface area contributed by atoms with Gasteiger partial charge in [0.15, 0.2) is 17.3 Å². The molecule has 1 heterocycles. The Hall–Kier alpha value is -2.44. The van der Waals surface area contributed by atoms with Gasteiger partial charge in [-0.15, -0.1) is 5.10 Å². The van der Waals surface area contributed by atoms with E-state index in [1.54, 1.807) is 22.9 Å². The number of benzene rings is 1. The molecule has 0 saturated carbocycles. The van der Waals surface area contributed by atoms with Crippen molar-refractivity contribution in [3.05, 3.63) is 29.6 Å². The number of tetrazole rings is 1. The maximum atomic E-state index is 10.7. The van der Waals surface area contributed by atoms with Crippen LogP contribution in [0, 0.1) is 0 Å². The van der Waals surface area contributed by atoms with Crippen molar-refractivity contribution in [1.29, 1.82) is 0 Å². The summed E-state index contributed by atoms with van der Waals surface area (Å²) in [6, 6.07) is 5.00. The smallest absolute Gasteiger partial charge is 0.189 e. The Morgan fingerprint density at radius 3 is 2.90 bits per heavy atom. The molecule has 21 heavy (non-hydrogen) atoms. The lowest BCUT2D eigenvalue weighted by molar-refractivity contribution is 0.112. The average Bonchev–Trinajstić information content (AvgIpc) is 2.98. The highest BCUT2D eigenvalue weighted by molar-refractivity contribution is 5.76. The molecule has 112 valence electrons. The number of hydrogen-bond donors (Lipinski definition) is 0. The quantitative estimate of drug-likeness (QED) is 0.691. The monoisotopic (exact) mass is 290 g/mol. The minimum atomic E-state index is 0.244. The minimum Gasteiger partial charge on any atom is -0.493 e. The number of methoxy groups -OCH3 is 1. The molecule has 0 bridgehead atoms. The summed E-state index contributed by atoms with van der Waals surface area (Å²) in [6.07, 6.45) is 2.84. The van der Waals surface area contributed by atoms with Crippen LogP contribution in [0.25, 0.3) is 0 Å². The van der Waals surface area contributed by atoms with E-state index in [1.165, 1.54) is 7.11 Å². The Balaban J connectivity index is 2.06. The van der Waals surface area contributed by atoms with Crippen LogP contribution < -0.4 is 9.47 Å². The maximum absolute atomic E-state index is 10.7. The zero-order valence-corrected chi connectivity index (χ0v) is 12.2. The summed E-state index contributed by atoms with van der Waals surface area (Å²) in [4.78, 5) is 10.7. The van der Waals surface area contributed by atoms with Gasteiger partial charge in [-0.25, -0.2) is 4.68 Å². The van der Waals surface area contributed by atoms with Gasteiger partial charge in [-0.3, -0.25) is 4.79 Å². The molecule has 0 atom stereocenters. The Labute approximate surface area is 122 Å². The molecule has 0 radical (unpaired) electrons. The van der Waals surface area contributed by atoms with E-state index in [-0.39, 0.29) is 6.61 Å². The fraction of sp³-hybridized carbons (Fsp3) is 0.429. The van der Waals surface area contributed by atoms with Crippen LogP contribution in [0.15, 0.2) is 18.2 Å². The van der Waals surface area contributed by atoms with Crippen LogP contribution in [-0.2, 0) is 13.2 Å². The van der Waals surface area contributed by atoms with Gasteiger partial charge < -0.3 is 9.47 Å². The SMILES string of the molecule is CCCCn1nnnc1COc1ccc(C=O)cc1OC. The molecule has 0 N–H and O–H groups in total. The van der Waals surface area contributed by atoms with Crippen molar-refractivity contribution in [1.82, 2.24) is 20.2 Å². The topological polar surface area (TPSA) is 79.1 Å². The number of rotatable bonds is 8. The van der Waals surface area contributed by atoms with E-state index in [0.717, 1.165) is 25.7 Å². The fourth-order valence-corrected chi connectivity index (χ4v) is 1.83. The second-order valence-corrected chi connectivity index (χ2v) is 4.49. The largest absolute Gasteiger partial charge is 0.493 e. The van der Waals surface area contributed by atoms with Crippen LogP contribution in [-0.4, -0.2) is 33.6 Å². The summed E-state index contributed by atoms with van der Waals surface area (Å²) in [5, 5.41) is 11.5. The summed E-state index contributed by atoms with van der Waals surface area (Å²) in [6.45, 7) is 3.12. The Kier molecular flexibility index (Phi) is 5.25. The molecule has 0 aliphatic heterocycles. The van der Waals surface area contributed by atoms with Crippen molar-refractivity contribution in [3.63, 3.8) is 0 Å². The first-order valence-electron chi connectivity index (χ1n) is 6.79. The molecule has 0 spiro atoms. The zero-order valence-electron chi connectivity index (χ0n) is 12.2. The molecule has 0 fully saturated rings. The third kappa shape index (κ3) is 3.77. The second-order valence-electron chi connectivity index (χ2n) is 4.49. The van der Waals surface area contributed by atoms with E-state index < -0.39 is 0 Å². The van der Waals surface area contributed by atoms with Gasteiger partial charge in [-0.2, -0.15) is 0 Å². The number of aryl methyl sites for hydroxylation is 1. The highest BCUT2D eigenvalue weighted by atomic mass is 16.5. The third-order valence-electron chi connectivity index (χ3n) is 3.01. The van der Waals surface area contributed by atoms with Crippen LogP contribution in [0.3, 0.4) is 0 Å². The van der Waals surface area contributed by atoms with Gasteiger partial charge in [-0.05, 0) is 35.0 Å². The first-order chi connectivity index (χ1) is 10.3. The van der Waals surface area contributed by atoms with Crippen LogP contribution in [0.4, 0.5) is 0 Å². The molecular formula is C14H18N4O3. The molecule has 0 saturated heterocycles. The molecule has 7 nitrogen and oxygen atoms in total. The Bertz CT molecular complexity index is 598. The summed E-state index contributed by atoms with van der Waals surface area (Å²) in [7, 11) is 1.53. The number of nitrogens with zero attached hydrogens (tertiary/aromatic N) is 4. The zero-order chi connectivity index (χ0) is 15.1. The normalized spacial score (nSPS) is 10.4. The van der Waals surface area contributed by atoms with Crippen molar-refractivity contribution >= 4 is 6.29 Å². The molecule has 1 aromatic heterocycles. The third-order valence-corrected chi connectivity index (χ3v) is 3.01. The van der Waals surface area contributed by atoms with E-state index >= 15 is 0 Å². The van der Waals surface area contributed by atoms with Crippen molar-refractivity contribution in [3.8, 4) is 11.5 Å². The summed E-state index contributed by atoms with van der Waals surface area (Å²) < 4.78 is 12.6. The number of carbonyl (C=O) groups excluding carboxylic acids is 1. The molecule has 7 heteroatoms. The van der Waals surface area contributed by atoms with Crippen molar-refractivity contribution in [2.75, 3.05) is 7.11 Å². The van der Waals surface area contributed by atoms with Crippen LogP contribution >= 0.6 is 0 Å². The van der Waals surface area contributed by atoms with E-state index in [2.05, 4.69) is 22.4 Å². The van der Waals surface area contributed by atoms with Gasteiger partial charge in [0.2, 0.25) is 0 Å².